The number of benzene rings is 4. The van der Waals surface area contributed by atoms with Crippen LogP contribution in [0.15, 0.2) is 127 Å². The fourth-order valence-corrected chi connectivity index (χ4v) is 7.13. The molecule has 0 spiro atoms. The van der Waals surface area contributed by atoms with Gasteiger partial charge in [-0.15, -0.1) is 22.7 Å². The molecule has 0 aliphatic rings. The van der Waals surface area contributed by atoms with E-state index in [1.165, 1.54) is 36.9 Å². The van der Waals surface area contributed by atoms with E-state index >= 15 is 0 Å². The van der Waals surface area contributed by atoms with E-state index in [9.17, 15) is 0 Å². The van der Waals surface area contributed by atoms with Crippen molar-refractivity contribution in [1.82, 2.24) is 14.5 Å². The van der Waals surface area contributed by atoms with Crippen molar-refractivity contribution >= 4 is 54.7 Å². The number of fused-ring (bicyclic) bond motifs is 4. The molecule has 4 heterocycles. The Morgan fingerprint density at radius 2 is 1.49 bits per heavy atom. The van der Waals surface area contributed by atoms with E-state index in [0.29, 0.717) is 0 Å². The second-order valence-corrected chi connectivity index (χ2v) is 11.5. The molecule has 39 heavy (non-hydrogen) atoms. The number of thiazole rings is 1. The first kappa shape index (κ1) is 22.4. The van der Waals surface area contributed by atoms with Crippen LogP contribution in [0, 0.1) is 0 Å². The lowest BCUT2D eigenvalue weighted by Crippen LogP contribution is -1.98. The maximum Gasteiger partial charge on any atom is 0.124 e. The quantitative estimate of drug-likeness (QED) is 0.224. The molecule has 0 unspecified atom stereocenters. The lowest BCUT2D eigenvalue weighted by atomic mass is 10.0. The van der Waals surface area contributed by atoms with Crippen LogP contribution in [0.1, 0.15) is 0 Å². The highest BCUT2D eigenvalue weighted by atomic mass is 32.1. The monoisotopic (exact) mass is 535 g/mol. The first-order chi connectivity index (χ1) is 19.3. The van der Waals surface area contributed by atoms with Crippen LogP contribution in [0.25, 0.3) is 70.0 Å². The molecule has 4 aromatic carbocycles. The number of para-hydroxylation sites is 2. The third-order valence-corrected chi connectivity index (χ3v) is 9.19. The van der Waals surface area contributed by atoms with Gasteiger partial charge in [0.15, 0.2) is 0 Å². The van der Waals surface area contributed by atoms with E-state index in [4.69, 9.17) is 4.98 Å². The van der Waals surface area contributed by atoms with Crippen molar-refractivity contribution in [3.05, 3.63) is 127 Å². The number of thiophene rings is 1. The fourth-order valence-electron chi connectivity index (χ4n) is 5.41. The summed E-state index contributed by atoms with van der Waals surface area (Å²) in [4.78, 5) is 10.9. The predicted molar refractivity (Wildman–Crippen MR) is 166 cm³/mol. The molecule has 0 radical (unpaired) electrons. The zero-order valence-electron chi connectivity index (χ0n) is 20.8. The van der Waals surface area contributed by atoms with E-state index in [0.717, 1.165) is 33.0 Å². The first-order valence-corrected chi connectivity index (χ1v) is 14.5. The average molecular weight is 536 g/mol. The molecule has 8 aromatic rings. The summed E-state index contributed by atoms with van der Waals surface area (Å²) in [5.41, 5.74) is 8.94. The molecule has 184 valence electrons. The summed E-state index contributed by atoms with van der Waals surface area (Å²) in [7, 11) is 0. The van der Waals surface area contributed by atoms with Gasteiger partial charge >= 0.3 is 0 Å². The van der Waals surface area contributed by atoms with Crippen LogP contribution in [-0.4, -0.2) is 14.5 Å². The predicted octanol–water partition coefficient (Wildman–Crippen LogP) is 9.85. The minimum atomic E-state index is 0.965. The maximum absolute atomic E-state index is 4.96. The molecule has 0 saturated carbocycles. The largest absolute Gasteiger partial charge is 0.309 e. The molecule has 0 N–H and O–H groups in total. The van der Waals surface area contributed by atoms with Gasteiger partial charge in [0.05, 0.1) is 32.6 Å². The van der Waals surface area contributed by atoms with Crippen molar-refractivity contribution in [3.8, 4) is 38.0 Å². The Labute approximate surface area is 233 Å². The SMILES string of the molecule is c1ccc(-c2ccc(-c3cccs3)c(-n3c4ccccc4c4ccc(-c5nc6ccccc6s5)cc43)c2)nc1. The number of aromatic nitrogens is 3. The number of rotatable bonds is 4. The van der Waals surface area contributed by atoms with E-state index in [1.807, 2.05) is 24.4 Å². The summed E-state index contributed by atoms with van der Waals surface area (Å²) in [6, 6.07) is 40.9. The summed E-state index contributed by atoms with van der Waals surface area (Å²) in [6.45, 7) is 0. The highest BCUT2D eigenvalue weighted by Gasteiger charge is 2.18. The van der Waals surface area contributed by atoms with Crippen LogP contribution < -0.4 is 0 Å². The molecule has 5 heteroatoms. The standard InChI is InChI=1S/C34H21N3S2/c1-3-11-29-24(8-1)25-16-15-23(34-36-28-10-2-4-12-33(28)39-34)21-30(25)37(29)31-20-22(27-9-5-6-18-35-27)14-17-26(31)32-13-7-19-38-32/h1-21H. The first-order valence-electron chi connectivity index (χ1n) is 12.8. The summed E-state index contributed by atoms with van der Waals surface area (Å²) >= 11 is 3.51. The summed E-state index contributed by atoms with van der Waals surface area (Å²) in [5, 5.41) is 5.65. The Hall–Kier alpha value is -4.58. The molecule has 0 aliphatic carbocycles. The normalized spacial score (nSPS) is 11.6. The molecular formula is C34H21N3S2. The van der Waals surface area contributed by atoms with Gasteiger partial charge in [-0.25, -0.2) is 4.98 Å². The van der Waals surface area contributed by atoms with Crippen molar-refractivity contribution in [1.29, 1.82) is 0 Å². The molecule has 0 bridgehead atoms. The van der Waals surface area contributed by atoms with Gasteiger partial charge in [-0.1, -0.05) is 66.7 Å². The third-order valence-electron chi connectivity index (χ3n) is 7.20. The van der Waals surface area contributed by atoms with Gasteiger partial charge in [-0.2, -0.15) is 0 Å². The van der Waals surface area contributed by atoms with Crippen molar-refractivity contribution in [2.45, 2.75) is 0 Å². The molecule has 3 nitrogen and oxygen atoms in total. The van der Waals surface area contributed by atoms with Gasteiger partial charge in [-0.05, 0) is 53.9 Å². The van der Waals surface area contributed by atoms with Gasteiger partial charge in [0.25, 0.3) is 0 Å². The lowest BCUT2D eigenvalue weighted by Gasteiger charge is -2.15. The minimum absolute atomic E-state index is 0.965. The Bertz CT molecular complexity index is 2090. The molecule has 0 aliphatic heterocycles. The summed E-state index contributed by atoms with van der Waals surface area (Å²) in [6.07, 6.45) is 1.85. The minimum Gasteiger partial charge on any atom is -0.309 e. The number of pyridine rings is 1. The molecular weight excluding hydrogens is 515 g/mol. The van der Waals surface area contributed by atoms with Crippen LogP contribution in [0.3, 0.4) is 0 Å². The third kappa shape index (κ3) is 3.70. The number of hydrogen-bond donors (Lipinski definition) is 0. The number of hydrogen-bond acceptors (Lipinski definition) is 4. The molecule has 0 fully saturated rings. The average Bonchev–Trinajstić information content (AvgIpc) is 3.75. The summed E-state index contributed by atoms with van der Waals surface area (Å²) in [5.74, 6) is 0. The van der Waals surface area contributed by atoms with Crippen molar-refractivity contribution in [2.24, 2.45) is 0 Å². The van der Waals surface area contributed by atoms with Crippen LogP contribution in [-0.2, 0) is 0 Å². The molecule has 8 rings (SSSR count). The van der Waals surface area contributed by atoms with Gasteiger partial charge in [0.1, 0.15) is 5.01 Å². The van der Waals surface area contributed by atoms with Crippen LogP contribution in [0.2, 0.25) is 0 Å². The number of nitrogens with zero attached hydrogens (tertiary/aromatic N) is 3. The Balaban J connectivity index is 1.44. The molecule has 0 amide bonds. The Morgan fingerprint density at radius 1 is 0.641 bits per heavy atom. The summed E-state index contributed by atoms with van der Waals surface area (Å²) < 4.78 is 3.62. The zero-order valence-corrected chi connectivity index (χ0v) is 22.4. The topological polar surface area (TPSA) is 30.7 Å². The van der Waals surface area contributed by atoms with Gasteiger partial charge in [0.2, 0.25) is 0 Å². The van der Waals surface area contributed by atoms with E-state index in [2.05, 4.69) is 112 Å². The van der Waals surface area contributed by atoms with Crippen molar-refractivity contribution in [2.75, 3.05) is 0 Å². The fraction of sp³-hybridized carbons (Fsp3) is 0. The van der Waals surface area contributed by atoms with Gasteiger partial charge in [0, 0.05) is 38.5 Å². The maximum atomic E-state index is 4.96. The highest BCUT2D eigenvalue weighted by molar-refractivity contribution is 7.21. The smallest absolute Gasteiger partial charge is 0.124 e. The van der Waals surface area contributed by atoms with Crippen LogP contribution >= 0.6 is 22.7 Å². The van der Waals surface area contributed by atoms with E-state index in [-0.39, 0.29) is 0 Å². The Kier molecular flexibility index (Phi) is 5.18. The second-order valence-electron chi connectivity index (χ2n) is 9.50. The van der Waals surface area contributed by atoms with Crippen molar-refractivity contribution in [3.63, 3.8) is 0 Å². The molecule has 0 saturated heterocycles. The zero-order chi connectivity index (χ0) is 25.8. The van der Waals surface area contributed by atoms with Gasteiger partial charge in [-0.3, -0.25) is 4.98 Å². The second kappa shape index (κ2) is 9.02. The Morgan fingerprint density at radius 3 is 2.36 bits per heavy atom. The van der Waals surface area contributed by atoms with E-state index < -0.39 is 0 Å². The van der Waals surface area contributed by atoms with Crippen molar-refractivity contribution < 1.29 is 0 Å². The lowest BCUT2D eigenvalue weighted by molar-refractivity contribution is 1.18. The van der Waals surface area contributed by atoms with Gasteiger partial charge < -0.3 is 4.57 Å². The molecule has 0 atom stereocenters. The van der Waals surface area contributed by atoms with E-state index in [1.54, 1.807) is 22.7 Å². The van der Waals surface area contributed by atoms with Crippen LogP contribution in [0.5, 0.6) is 0 Å². The van der Waals surface area contributed by atoms with Crippen LogP contribution in [0.4, 0.5) is 0 Å². The highest BCUT2D eigenvalue weighted by Crippen LogP contribution is 2.41. The molecule has 4 aromatic heterocycles.